The summed E-state index contributed by atoms with van der Waals surface area (Å²) in [6, 6.07) is 10.2. The van der Waals surface area contributed by atoms with Crippen molar-refractivity contribution >= 4 is 54.8 Å². The van der Waals surface area contributed by atoms with E-state index in [4.69, 9.17) is 11.6 Å². The van der Waals surface area contributed by atoms with Crippen molar-refractivity contribution in [1.29, 1.82) is 0 Å². The van der Waals surface area contributed by atoms with Crippen molar-refractivity contribution in [2.75, 3.05) is 22.4 Å². The number of anilines is 2. The molecule has 0 unspecified atom stereocenters. The highest BCUT2D eigenvalue weighted by atomic mass is 79.9. The monoisotopic (exact) mass is 444 g/mol. The number of sulfonamides is 1. The molecule has 0 aromatic heterocycles. The lowest BCUT2D eigenvalue weighted by atomic mass is 10.2. The Hall–Kier alpha value is -1.57. The Balaban J connectivity index is 2.25. The van der Waals surface area contributed by atoms with Crippen LogP contribution in [0.15, 0.2) is 40.9 Å². The molecule has 1 amide bonds. The number of nitrogens with one attached hydrogen (secondary N) is 1. The number of aryl methyl sites for hydroxylation is 2. The van der Waals surface area contributed by atoms with E-state index in [1.54, 1.807) is 37.3 Å². The molecule has 2 aromatic carbocycles. The largest absolute Gasteiger partial charge is 0.325 e. The summed E-state index contributed by atoms with van der Waals surface area (Å²) in [5.41, 5.74) is 2.66. The van der Waals surface area contributed by atoms with Crippen molar-refractivity contribution in [2.45, 2.75) is 13.8 Å². The fourth-order valence-corrected chi connectivity index (χ4v) is 3.72. The number of amides is 1. The lowest BCUT2D eigenvalue weighted by Gasteiger charge is -2.23. The smallest absolute Gasteiger partial charge is 0.245 e. The van der Waals surface area contributed by atoms with Gasteiger partial charge in [-0.05, 0) is 61.4 Å². The molecule has 2 aromatic rings. The number of carbonyl (C=O) groups excluding carboxylic acids is 1. The van der Waals surface area contributed by atoms with Gasteiger partial charge in [-0.3, -0.25) is 9.10 Å². The van der Waals surface area contributed by atoms with E-state index in [2.05, 4.69) is 21.2 Å². The topological polar surface area (TPSA) is 66.5 Å². The van der Waals surface area contributed by atoms with Gasteiger partial charge in [0.15, 0.2) is 0 Å². The van der Waals surface area contributed by atoms with Crippen LogP contribution in [0.25, 0.3) is 0 Å². The van der Waals surface area contributed by atoms with Gasteiger partial charge in [0.1, 0.15) is 6.54 Å². The summed E-state index contributed by atoms with van der Waals surface area (Å²) in [7, 11) is -3.63. The molecule has 134 valence electrons. The van der Waals surface area contributed by atoms with Crippen molar-refractivity contribution in [3.05, 3.63) is 57.0 Å². The zero-order valence-corrected chi connectivity index (χ0v) is 17.2. The number of nitrogens with zero attached hydrogens (tertiary/aromatic N) is 1. The van der Waals surface area contributed by atoms with Crippen LogP contribution in [-0.4, -0.2) is 27.1 Å². The summed E-state index contributed by atoms with van der Waals surface area (Å²) >= 11 is 9.32. The highest BCUT2D eigenvalue weighted by molar-refractivity contribution is 9.10. The molecule has 0 aliphatic rings. The third-order valence-electron chi connectivity index (χ3n) is 3.56. The Bertz CT molecular complexity index is 916. The van der Waals surface area contributed by atoms with Crippen LogP contribution < -0.4 is 9.62 Å². The number of halogens is 2. The molecule has 25 heavy (non-hydrogen) atoms. The van der Waals surface area contributed by atoms with E-state index in [9.17, 15) is 13.2 Å². The Morgan fingerprint density at radius 2 is 1.84 bits per heavy atom. The zero-order valence-electron chi connectivity index (χ0n) is 14.0. The molecule has 0 spiro atoms. The summed E-state index contributed by atoms with van der Waals surface area (Å²) < 4.78 is 26.3. The highest BCUT2D eigenvalue weighted by Crippen LogP contribution is 2.26. The van der Waals surface area contributed by atoms with E-state index in [0.29, 0.717) is 22.0 Å². The van der Waals surface area contributed by atoms with Crippen molar-refractivity contribution in [3.8, 4) is 0 Å². The van der Waals surface area contributed by atoms with Crippen LogP contribution in [0.4, 0.5) is 11.4 Å². The molecular formula is C17H18BrClN2O3S. The van der Waals surface area contributed by atoms with Gasteiger partial charge in [-0.2, -0.15) is 0 Å². The van der Waals surface area contributed by atoms with Crippen molar-refractivity contribution in [1.82, 2.24) is 0 Å². The maximum Gasteiger partial charge on any atom is 0.245 e. The second-order valence-electron chi connectivity index (χ2n) is 5.71. The van der Waals surface area contributed by atoms with E-state index < -0.39 is 15.9 Å². The first kappa shape index (κ1) is 19.8. The first-order valence-corrected chi connectivity index (χ1v) is 10.4. The zero-order chi connectivity index (χ0) is 18.8. The number of carbonyl (C=O) groups is 1. The maximum absolute atomic E-state index is 12.4. The molecule has 0 atom stereocenters. The summed E-state index contributed by atoms with van der Waals surface area (Å²) in [5.74, 6) is -0.429. The molecule has 0 radical (unpaired) electrons. The van der Waals surface area contributed by atoms with Crippen molar-refractivity contribution < 1.29 is 13.2 Å². The van der Waals surface area contributed by atoms with Gasteiger partial charge in [-0.1, -0.05) is 27.5 Å². The van der Waals surface area contributed by atoms with Crippen LogP contribution in [0.3, 0.4) is 0 Å². The predicted octanol–water partition coefficient (Wildman–Crippen LogP) is 4.12. The second-order valence-corrected chi connectivity index (χ2v) is 8.91. The highest BCUT2D eigenvalue weighted by Gasteiger charge is 2.22. The van der Waals surface area contributed by atoms with Crippen LogP contribution in [0.2, 0.25) is 5.02 Å². The lowest BCUT2D eigenvalue weighted by molar-refractivity contribution is -0.114. The quantitative estimate of drug-likeness (QED) is 0.752. The van der Waals surface area contributed by atoms with Gasteiger partial charge >= 0.3 is 0 Å². The molecule has 0 fully saturated rings. The van der Waals surface area contributed by atoms with Gasteiger partial charge in [0.25, 0.3) is 0 Å². The number of rotatable bonds is 5. The average molecular weight is 446 g/mol. The molecule has 2 rings (SSSR count). The van der Waals surface area contributed by atoms with Crippen LogP contribution in [0.5, 0.6) is 0 Å². The molecule has 0 aliphatic carbocycles. The number of hydrogen-bond acceptors (Lipinski definition) is 3. The van der Waals surface area contributed by atoms with E-state index in [-0.39, 0.29) is 6.54 Å². The van der Waals surface area contributed by atoms with Gasteiger partial charge in [0, 0.05) is 15.2 Å². The molecule has 0 saturated carbocycles. The summed E-state index contributed by atoms with van der Waals surface area (Å²) in [4.78, 5) is 12.4. The van der Waals surface area contributed by atoms with E-state index in [1.165, 1.54) is 0 Å². The van der Waals surface area contributed by atoms with Crippen LogP contribution in [0.1, 0.15) is 11.1 Å². The molecule has 0 aliphatic heterocycles. The van der Waals surface area contributed by atoms with Gasteiger partial charge in [0.05, 0.1) is 11.9 Å². The first-order valence-electron chi connectivity index (χ1n) is 7.38. The second kappa shape index (κ2) is 7.76. The summed E-state index contributed by atoms with van der Waals surface area (Å²) in [6.07, 6.45) is 1.07. The third kappa shape index (κ3) is 5.20. The number of benzene rings is 2. The average Bonchev–Trinajstić information content (AvgIpc) is 2.48. The fraction of sp³-hybridized carbons (Fsp3) is 0.235. The summed E-state index contributed by atoms with van der Waals surface area (Å²) in [5, 5.41) is 3.23. The minimum atomic E-state index is -3.63. The maximum atomic E-state index is 12.4. The molecule has 0 bridgehead atoms. The molecule has 0 saturated heterocycles. The van der Waals surface area contributed by atoms with Gasteiger partial charge in [-0.15, -0.1) is 0 Å². The SMILES string of the molecule is Cc1cc(NC(=O)CN(c2ccc(Cl)cc2C)S(C)(=O)=O)ccc1Br. The first-order chi connectivity index (χ1) is 11.6. The molecule has 5 nitrogen and oxygen atoms in total. The summed E-state index contributed by atoms with van der Waals surface area (Å²) in [6.45, 7) is 3.32. The standard InChI is InChI=1S/C17H18BrClN2O3S/c1-11-9-14(5-6-15(11)18)20-17(22)10-21(25(3,23)24)16-7-4-13(19)8-12(16)2/h4-9H,10H2,1-3H3,(H,20,22). The molecule has 0 heterocycles. The van der Waals surface area contributed by atoms with E-state index >= 15 is 0 Å². The van der Waals surface area contributed by atoms with Crippen LogP contribution >= 0.6 is 27.5 Å². The van der Waals surface area contributed by atoms with Crippen molar-refractivity contribution in [3.63, 3.8) is 0 Å². The van der Waals surface area contributed by atoms with E-state index in [1.807, 2.05) is 13.0 Å². The minimum Gasteiger partial charge on any atom is -0.325 e. The van der Waals surface area contributed by atoms with Gasteiger partial charge in [0.2, 0.25) is 15.9 Å². The normalized spacial score (nSPS) is 11.2. The Kier molecular flexibility index (Phi) is 6.13. The van der Waals surface area contributed by atoms with Gasteiger partial charge < -0.3 is 5.32 Å². The minimum absolute atomic E-state index is 0.323. The van der Waals surface area contributed by atoms with Crippen LogP contribution in [-0.2, 0) is 14.8 Å². The molecule has 1 N–H and O–H groups in total. The third-order valence-corrected chi connectivity index (χ3v) is 5.81. The predicted molar refractivity (Wildman–Crippen MR) is 106 cm³/mol. The fourth-order valence-electron chi connectivity index (χ4n) is 2.33. The Morgan fingerprint density at radius 1 is 1.16 bits per heavy atom. The molecule has 8 heteroatoms. The number of hydrogen-bond donors (Lipinski definition) is 1. The van der Waals surface area contributed by atoms with Crippen LogP contribution in [0, 0.1) is 13.8 Å². The lowest BCUT2D eigenvalue weighted by Crippen LogP contribution is -2.37. The Morgan fingerprint density at radius 3 is 2.40 bits per heavy atom. The molecular weight excluding hydrogens is 428 g/mol. The van der Waals surface area contributed by atoms with Gasteiger partial charge in [-0.25, -0.2) is 8.42 Å². The Labute approximate surface area is 161 Å². The van der Waals surface area contributed by atoms with E-state index in [0.717, 1.165) is 20.6 Å². The van der Waals surface area contributed by atoms with Crippen molar-refractivity contribution in [2.24, 2.45) is 0 Å².